The van der Waals surface area contributed by atoms with E-state index in [4.69, 9.17) is 0 Å². The van der Waals surface area contributed by atoms with Gasteiger partial charge in [-0.2, -0.15) is 0 Å². The molecule has 4 aliphatic rings. The second-order valence-corrected chi connectivity index (χ2v) is 24.9. The molecule has 10 rings (SSSR count). The van der Waals surface area contributed by atoms with Crippen LogP contribution in [0.1, 0.15) is 180 Å². The molecule has 0 heterocycles. The van der Waals surface area contributed by atoms with E-state index in [0.717, 1.165) is 12.8 Å². The minimum Gasteiger partial charge on any atom is -0.310 e. The quantitative estimate of drug-likeness (QED) is 0.167. The van der Waals surface area contributed by atoms with Gasteiger partial charge in [-0.25, -0.2) is 0 Å². The highest BCUT2D eigenvalue weighted by Crippen LogP contribution is 2.59. The van der Waals surface area contributed by atoms with Gasteiger partial charge in [0.1, 0.15) is 0 Å². The Balaban J connectivity index is 1.29. The van der Waals surface area contributed by atoms with Crippen molar-refractivity contribution in [3.8, 4) is 33.4 Å². The van der Waals surface area contributed by atoms with E-state index in [-0.39, 0.29) is 37.9 Å². The minimum atomic E-state index is -0.156. The van der Waals surface area contributed by atoms with Crippen LogP contribution < -0.4 is 4.90 Å². The van der Waals surface area contributed by atoms with E-state index in [2.05, 4.69) is 217 Å². The van der Waals surface area contributed by atoms with Crippen molar-refractivity contribution in [2.24, 2.45) is 0 Å². The van der Waals surface area contributed by atoms with Crippen LogP contribution in [0.2, 0.25) is 0 Å². The molecule has 6 aromatic rings. The highest BCUT2D eigenvalue weighted by atomic mass is 15.1. The Bertz CT molecular complexity index is 2850. The Hall–Kier alpha value is -4.88. The van der Waals surface area contributed by atoms with Gasteiger partial charge in [0.25, 0.3) is 0 Å². The van der Waals surface area contributed by atoms with E-state index in [1.165, 1.54) is 121 Å². The second-order valence-electron chi connectivity index (χ2n) is 24.9. The molecule has 0 aliphatic heterocycles. The fraction of sp³-hybridized carbons (Fsp3) is 0.429. The molecule has 4 aliphatic carbocycles. The number of rotatable bonds is 5. The van der Waals surface area contributed by atoms with Crippen LogP contribution in [-0.4, -0.2) is 0 Å². The van der Waals surface area contributed by atoms with E-state index in [0.29, 0.717) is 0 Å². The van der Waals surface area contributed by atoms with Crippen LogP contribution in [0.5, 0.6) is 0 Å². The summed E-state index contributed by atoms with van der Waals surface area (Å²) in [4.78, 5) is 2.70. The van der Waals surface area contributed by atoms with Crippen LogP contribution in [0, 0.1) is 0 Å². The summed E-state index contributed by atoms with van der Waals surface area (Å²) in [5, 5.41) is 0. The summed E-state index contributed by atoms with van der Waals surface area (Å²) >= 11 is 0. The summed E-state index contributed by atoms with van der Waals surface area (Å²) < 4.78 is 0. The van der Waals surface area contributed by atoms with E-state index < -0.39 is 0 Å². The molecule has 0 spiro atoms. The average Bonchev–Trinajstić information content (AvgIpc) is 3.47. The molecule has 0 aromatic heterocycles. The van der Waals surface area contributed by atoms with Gasteiger partial charge >= 0.3 is 0 Å². The molecule has 1 nitrogen and oxygen atoms in total. The largest absolute Gasteiger partial charge is 0.310 e. The fourth-order valence-electron chi connectivity index (χ4n) is 13.1. The summed E-state index contributed by atoms with van der Waals surface area (Å²) in [5.41, 5.74) is 24.0. The van der Waals surface area contributed by atoms with Gasteiger partial charge in [-0.1, -0.05) is 182 Å². The third kappa shape index (κ3) is 6.44. The molecule has 0 fully saturated rings. The van der Waals surface area contributed by atoms with E-state index in [1.807, 2.05) is 0 Å². The first-order valence-corrected chi connectivity index (χ1v) is 24.6. The zero-order valence-electron chi connectivity index (χ0n) is 41.7. The van der Waals surface area contributed by atoms with Crippen molar-refractivity contribution in [1.29, 1.82) is 0 Å². The molecule has 0 bridgehead atoms. The normalized spacial score (nSPS) is 20.8. The zero-order valence-corrected chi connectivity index (χ0v) is 41.7. The fourth-order valence-corrected chi connectivity index (χ4v) is 13.1. The molecule has 64 heavy (non-hydrogen) atoms. The first kappa shape index (κ1) is 43.0. The van der Waals surface area contributed by atoms with Crippen molar-refractivity contribution >= 4 is 17.1 Å². The third-order valence-corrected chi connectivity index (χ3v) is 17.4. The molecule has 0 saturated carbocycles. The Morgan fingerprint density at radius 3 is 1.33 bits per heavy atom. The Morgan fingerprint density at radius 1 is 0.312 bits per heavy atom. The maximum absolute atomic E-state index is 2.70. The van der Waals surface area contributed by atoms with Crippen LogP contribution >= 0.6 is 0 Å². The summed E-state index contributed by atoms with van der Waals surface area (Å²) in [6.07, 6.45) is 7.09. The lowest BCUT2D eigenvalue weighted by Gasteiger charge is -2.45. The zero-order chi connectivity index (χ0) is 45.6. The number of nitrogens with zero attached hydrogens (tertiary/aromatic N) is 1. The van der Waals surface area contributed by atoms with Crippen LogP contribution in [0.15, 0.2) is 115 Å². The summed E-state index contributed by atoms with van der Waals surface area (Å²) in [7, 11) is 0. The number of hydrogen-bond acceptors (Lipinski definition) is 1. The molecular formula is C63H73N. The highest BCUT2D eigenvalue weighted by Gasteiger charge is 2.44. The molecule has 6 aromatic carbocycles. The maximum Gasteiger partial charge on any atom is 0.0543 e. The van der Waals surface area contributed by atoms with Gasteiger partial charge < -0.3 is 4.90 Å². The van der Waals surface area contributed by atoms with Gasteiger partial charge in [0.15, 0.2) is 0 Å². The third-order valence-electron chi connectivity index (χ3n) is 17.4. The highest BCUT2D eigenvalue weighted by molar-refractivity contribution is 5.97. The smallest absolute Gasteiger partial charge is 0.0543 e. The number of benzene rings is 6. The van der Waals surface area contributed by atoms with Gasteiger partial charge in [0.05, 0.1) is 11.4 Å². The van der Waals surface area contributed by atoms with Crippen LogP contribution in [0.25, 0.3) is 33.4 Å². The van der Waals surface area contributed by atoms with E-state index >= 15 is 0 Å². The van der Waals surface area contributed by atoms with Gasteiger partial charge in [0, 0.05) is 16.7 Å². The van der Waals surface area contributed by atoms with Crippen molar-refractivity contribution in [3.05, 3.63) is 160 Å². The standard InChI is InChI=1S/C63H73N/c1-57(2)32-35-60(7,8)54-42(21-17-24-48(54)57)40-28-30-41(31-29-40)64(52-27-19-26-50-56(52)62(11,12)37-34-59(50,5)6)53-39-51-45(43-20-15-16-23-47(43)63(51,13)14)38-46(53)44-22-18-25-49-55(44)61(9,10)36-33-58(49,3)4/h15-31,38-39H,32-37H2,1-14H3. The van der Waals surface area contributed by atoms with Crippen molar-refractivity contribution in [2.45, 2.75) is 173 Å². The lowest BCUT2D eigenvalue weighted by Crippen LogP contribution is -2.35. The van der Waals surface area contributed by atoms with Gasteiger partial charge in [-0.3, -0.25) is 0 Å². The molecular weight excluding hydrogens is 771 g/mol. The first-order chi connectivity index (χ1) is 30.0. The van der Waals surface area contributed by atoms with Gasteiger partial charge in [-0.15, -0.1) is 0 Å². The van der Waals surface area contributed by atoms with Crippen LogP contribution in [-0.2, 0) is 37.9 Å². The number of fused-ring (bicyclic) bond motifs is 6. The molecule has 0 atom stereocenters. The van der Waals surface area contributed by atoms with Gasteiger partial charge in [-0.05, 0) is 174 Å². The van der Waals surface area contributed by atoms with Crippen LogP contribution in [0.4, 0.5) is 17.1 Å². The lowest BCUT2D eigenvalue weighted by atomic mass is 9.61. The predicted octanol–water partition coefficient (Wildman–Crippen LogP) is 17.8. The maximum atomic E-state index is 2.70. The van der Waals surface area contributed by atoms with Crippen LogP contribution in [0.3, 0.4) is 0 Å². The molecule has 0 saturated heterocycles. The predicted molar refractivity (Wildman–Crippen MR) is 275 cm³/mol. The molecule has 1 heteroatoms. The summed E-state index contributed by atoms with van der Waals surface area (Å²) in [6.45, 7) is 34.5. The SMILES string of the molecule is CC1(C)CCC(C)(C)c2c(-c3ccc(N(c4cc5c(cc4-c4cccc6c4C(C)(C)CCC6(C)C)-c4ccccc4C5(C)C)c4cccc5c4C(C)(C)CCC5(C)C)cc3)cccc21. The lowest BCUT2D eigenvalue weighted by molar-refractivity contribution is 0.332. The molecule has 0 amide bonds. The Morgan fingerprint density at radius 2 is 0.750 bits per heavy atom. The Kier molecular flexibility index (Phi) is 9.46. The molecule has 0 radical (unpaired) electrons. The summed E-state index contributed by atoms with van der Waals surface area (Å²) in [5.74, 6) is 0. The number of hydrogen-bond donors (Lipinski definition) is 0. The summed E-state index contributed by atoms with van der Waals surface area (Å²) in [6, 6.07) is 45.7. The van der Waals surface area contributed by atoms with Crippen molar-refractivity contribution in [2.75, 3.05) is 4.90 Å². The van der Waals surface area contributed by atoms with E-state index in [1.54, 1.807) is 0 Å². The second kappa shape index (κ2) is 14.1. The minimum absolute atomic E-state index is 0.00848. The topological polar surface area (TPSA) is 3.24 Å². The van der Waals surface area contributed by atoms with Crippen molar-refractivity contribution in [3.63, 3.8) is 0 Å². The Labute approximate surface area is 386 Å². The first-order valence-electron chi connectivity index (χ1n) is 24.6. The molecule has 0 unspecified atom stereocenters. The van der Waals surface area contributed by atoms with Gasteiger partial charge in [0.2, 0.25) is 0 Å². The van der Waals surface area contributed by atoms with Crippen molar-refractivity contribution < 1.29 is 0 Å². The van der Waals surface area contributed by atoms with E-state index in [9.17, 15) is 0 Å². The molecule has 0 N–H and O–H groups in total. The van der Waals surface area contributed by atoms with Crippen molar-refractivity contribution in [1.82, 2.24) is 0 Å². The molecule has 330 valence electrons. The average molecular weight is 844 g/mol. The monoisotopic (exact) mass is 844 g/mol. The number of anilines is 3.